The smallest absolute Gasteiger partial charge is 0.243 e. The van der Waals surface area contributed by atoms with Gasteiger partial charge in [0.15, 0.2) is 0 Å². The number of piperidine rings is 3. The van der Waals surface area contributed by atoms with E-state index in [9.17, 15) is 9.59 Å². The molecular weight excluding hydrogens is 400 g/mol. The second-order valence-corrected chi connectivity index (χ2v) is 9.84. The lowest BCUT2D eigenvalue weighted by Gasteiger charge is -2.55. The first kappa shape index (κ1) is 19.7. The number of amides is 2. The summed E-state index contributed by atoms with van der Waals surface area (Å²) in [6.07, 6.45) is 5.22. The summed E-state index contributed by atoms with van der Waals surface area (Å²) >= 11 is 1.64. The first-order valence-electron chi connectivity index (χ1n) is 10.8. The summed E-state index contributed by atoms with van der Waals surface area (Å²) in [5.74, 6) is 1.65. The quantitative estimate of drug-likeness (QED) is 0.778. The van der Waals surface area contributed by atoms with Gasteiger partial charge in [0.2, 0.25) is 11.8 Å². The maximum Gasteiger partial charge on any atom is 0.243 e. The summed E-state index contributed by atoms with van der Waals surface area (Å²) in [6.45, 7) is 3.00. The predicted octanol–water partition coefficient (Wildman–Crippen LogP) is 1.39. The summed E-state index contributed by atoms with van der Waals surface area (Å²) in [4.78, 5) is 31.7. The van der Waals surface area contributed by atoms with E-state index in [0.29, 0.717) is 18.9 Å². The maximum atomic E-state index is 13.3. The Hall–Kier alpha value is -2.26. The highest BCUT2D eigenvalue weighted by atomic mass is 32.1. The number of fused-ring (bicyclic) bond motifs is 4. The van der Waals surface area contributed by atoms with Crippen LogP contribution in [0.4, 0.5) is 0 Å². The van der Waals surface area contributed by atoms with E-state index in [2.05, 4.69) is 20.4 Å². The van der Waals surface area contributed by atoms with Crippen LogP contribution in [0.2, 0.25) is 0 Å². The van der Waals surface area contributed by atoms with E-state index < -0.39 is 0 Å². The van der Waals surface area contributed by atoms with Crippen LogP contribution in [0, 0.1) is 11.8 Å². The van der Waals surface area contributed by atoms with Crippen LogP contribution in [0.3, 0.4) is 0 Å². The SMILES string of the molecule is Cn1cnnc1CN1C[C@@H]2C[C@H](C1)[C@H](C(=O)NCc1cccs1)N1C(=O)CCC[C@@H]21. The molecule has 3 aliphatic heterocycles. The second-order valence-electron chi connectivity index (χ2n) is 8.81. The van der Waals surface area contributed by atoms with Crippen molar-refractivity contribution in [3.63, 3.8) is 0 Å². The van der Waals surface area contributed by atoms with Crippen LogP contribution < -0.4 is 5.32 Å². The average Bonchev–Trinajstić information content (AvgIpc) is 3.39. The van der Waals surface area contributed by atoms with Crippen molar-refractivity contribution in [2.24, 2.45) is 18.9 Å². The van der Waals surface area contributed by atoms with Crippen LogP contribution in [0.1, 0.15) is 36.4 Å². The van der Waals surface area contributed by atoms with Crippen molar-refractivity contribution in [3.8, 4) is 0 Å². The number of nitrogens with zero attached hydrogens (tertiary/aromatic N) is 5. The number of thiophene rings is 1. The highest BCUT2D eigenvalue weighted by Gasteiger charge is 2.51. The zero-order chi connectivity index (χ0) is 20.7. The fraction of sp³-hybridized carbons (Fsp3) is 0.619. The monoisotopic (exact) mass is 428 g/mol. The Kier molecular flexibility index (Phi) is 5.32. The van der Waals surface area contributed by atoms with Crippen LogP contribution in [0.25, 0.3) is 0 Å². The fourth-order valence-electron chi connectivity index (χ4n) is 5.56. The number of rotatable bonds is 5. The zero-order valence-corrected chi connectivity index (χ0v) is 18.1. The van der Waals surface area contributed by atoms with Gasteiger partial charge >= 0.3 is 0 Å². The number of aromatic nitrogens is 3. The third-order valence-electron chi connectivity index (χ3n) is 6.87. The molecule has 4 atom stereocenters. The first-order valence-corrected chi connectivity index (χ1v) is 11.6. The first-order chi connectivity index (χ1) is 14.6. The van der Waals surface area contributed by atoms with Gasteiger partial charge in [-0.15, -0.1) is 21.5 Å². The van der Waals surface area contributed by atoms with Gasteiger partial charge in [0.05, 0.1) is 13.1 Å². The molecule has 3 saturated heterocycles. The molecule has 0 unspecified atom stereocenters. The van der Waals surface area contributed by atoms with Gasteiger partial charge < -0.3 is 14.8 Å². The average molecular weight is 429 g/mol. The van der Waals surface area contributed by atoms with Gasteiger partial charge in [0, 0.05) is 43.4 Å². The van der Waals surface area contributed by atoms with Crippen molar-refractivity contribution in [2.75, 3.05) is 13.1 Å². The summed E-state index contributed by atoms with van der Waals surface area (Å²) in [5.41, 5.74) is 0. The molecule has 2 amide bonds. The molecule has 0 spiro atoms. The number of carbonyl (C=O) groups is 2. The van der Waals surface area contributed by atoms with Crippen molar-refractivity contribution in [3.05, 3.63) is 34.5 Å². The third kappa shape index (κ3) is 3.65. The molecule has 0 aromatic carbocycles. The fourth-order valence-corrected chi connectivity index (χ4v) is 6.21. The second kappa shape index (κ2) is 8.11. The van der Waals surface area contributed by atoms with E-state index in [4.69, 9.17) is 0 Å². The van der Waals surface area contributed by atoms with Crippen LogP contribution in [-0.4, -0.2) is 61.6 Å². The summed E-state index contributed by atoms with van der Waals surface area (Å²) in [7, 11) is 1.96. The molecule has 0 saturated carbocycles. The van der Waals surface area contributed by atoms with Gasteiger partial charge in [-0.2, -0.15) is 0 Å². The Morgan fingerprint density at radius 3 is 2.97 bits per heavy atom. The Morgan fingerprint density at radius 2 is 2.20 bits per heavy atom. The van der Waals surface area contributed by atoms with E-state index >= 15 is 0 Å². The molecule has 2 aromatic heterocycles. The zero-order valence-electron chi connectivity index (χ0n) is 17.2. The topological polar surface area (TPSA) is 83.4 Å². The standard InChI is InChI=1S/C21H28N6O2S/c1-25-13-23-24-18(25)12-26-10-14-8-15(11-26)20(27-17(14)5-2-6-19(27)28)21(29)22-9-16-4-3-7-30-16/h3-4,7,13-15,17,20H,2,5-6,8-12H2,1H3,(H,22,29)/t14-,15+,17-,20+/m0/s1. The van der Waals surface area contributed by atoms with Crippen LogP contribution in [0.5, 0.6) is 0 Å². The van der Waals surface area contributed by atoms with Crippen molar-refractivity contribution < 1.29 is 9.59 Å². The Morgan fingerprint density at radius 1 is 1.33 bits per heavy atom. The van der Waals surface area contributed by atoms with Crippen LogP contribution >= 0.6 is 11.3 Å². The van der Waals surface area contributed by atoms with Gasteiger partial charge in [-0.1, -0.05) is 6.07 Å². The summed E-state index contributed by atoms with van der Waals surface area (Å²) in [6, 6.07) is 3.82. The van der Waals surface area contributed by atoms with Crippen molar-refractivity contribution in [2.45, 2.75) is 50.9 Å². The molecular formula is C21H28N6O2S. The van der Waals surface area contributed by atoms with Crippen LogP contribution in [0.15, 0.2) is 23.8 Å². The number of hydrogen-bond acceptors (Lipinski definition) is 6. The van der Waals surface area contributed by atoms with Crippen molar-refractivity contribution in [1.82, 2.24) is 29.9 Å². The predicted molar refractivity (Wildman–Crippen MR) is 112 cm³/mol. The van der Waals surface area contributed by atoms with E-state index in [1.807, 2.05) is 34.0 Å². The lowest BCUT2D eigenvalue weighted by atomic mass is 9.71. The number of hydrogen-bond donors (Lipinski definition) is 1. The molecule has 3 fully saturated rings. The minimum Gasteiger partial charge on any atom is -0.349 e. The molecule has 9 heteroatoms. The molecule has 160 valence electrons. The van der Waals surface area contributed by atoms with Gasteiger partial charge in [-0.3, -0.25) is 14.5 Å². The lowest BCUT2D eigenvalue weighted by Crippen LogP contribution is -2.68. The summed E-state index contributed by atoms with van der Waals surface area (Å²) < 4.78 is 1.95. The number of carbonyl (C=O) groups excluding carboxylic acids is 2. The largest absolute Gasteiger partial charge is 0.349 e. The van der Waals surface area contributed by atoms with Gasteiger partial charge in [-0.05, 0) is 36.6 Å². The molecule has 5 rings (SSSR count). The van der Waals surface area contributed by atoms with Gasteiger partial charge in [0.1, 0.15) is 18.2 Å². The molecule has 3 aliphatic rings. The molecule has 2 aromatic rings. The Bertz CT molecular complexity index is 913. The van der Waals surface area contributed by atoms with Gasteiger partial charge in [-0.25, -0.2) is 0 Å². The molecule has 5 heterocycles. The minimum atomic E-state index is -0.374. The number of aryl methyl sites for hydroxylation is 1. The molecule has 2 bridgehead atoms. The van der Waals surface area contributed by atoms with Crippen molar-refractivity contribution >= 4 is 23.2 Å². The molecule has 8 nitrogen and oxygen atoms in total. The lowest BCUT2D eigenvalue weighted by molar-refractivity contribution is -0.160. The van der Waals surface area contributed by atoms with E-state index in [1.54, 1.807) is 17.7 Å². The summed E-state index contributed by atoms with van der Waals surface area (Å²) in [5, 5.41) is 13.4. The molecule has 1 N–H and O–H groups in total. The van der Waals surface area contributed by atoms with Crippen LogP contribution in [-0.2, 0) is 29.7 Å². The Balaban J connectivity index is 1.37. The third-order valence-corrected chi connectivity index (χ3v) is 7.75. The highest BCUT2D eigenvalue weighted by Crippen LogP contribution is 2.42. The number of nitrogens with one attached hydrogen (secondary N) is 1. The minimum absolute atomic E-state index is 0.00684. The van der Waals surface area contributed by atoms with Crippen molar-refractivity contribution in [1.29, 1.82) is 0 Å². The maximum absolute atomic E-state index is 13.3. The molecule has 0 radical (unpaired) electrons. The molecule has 30 heavy (non-hydrogen) atoms. The number of likely N-dealkylation sites (tertiary alicyclic amines) is 1. The van der Waals surface area contributed by atoms with Gasteiger partial charge in [0.25, 0.3) is 0 Å². The Labute approximate surface area is 180 Å². The van der Waals surface area contributed by atoms with E-state index in [1.165, 1.54) is 0 Å². The normalized spacial score (nSPS) is 29.0. The molecule has 0 aliphatic carbocycles. The van der Waals surface area contributed by atoms with E-state index in [-0.39, 0.29) is 29.8 Å². The van der Waals surface area contributed by atoms with E-state index in [0.717, 1.165) is 49.6 Å². The highest BCUT2D eigenvalue weighted by molar-refractivity contribution is 7.09.